The first kappa shape index (κ1) is 14.4. The molecule has 5 heteroatoms. The van der Waals surface area contributed by atoms with E-state index in [0.717, 1.165) is 19.5 Å². The number of nitrogens with two attached hydrogens (primary N) is 1. The molecule has 1 saturated heterocycles. The molecular formula is C12H25N3O2. The van der Waals surface area contributed by atoms with E-state index in [1.165, 1.54) is 19.3 Å². The zero-order chi connectivity index (χ0) is 12.5. The molecule has 0 aromatic carbocycles. The Morgan fingerprint density at radius 1 is 1.59 bits per heavy atom. The number of amides is 1. The number of piperidine rings is 1. The van der Waals surface area contributed by atoms with Crippen molar-refractivity contribution >= 4 is 5.91 Å². The highest BCUT2D eigenvalue weighted by Crippen LogP contribution is 2.11. The second kappa shape index (κ2) is 8.44. The van der Waals surface area contributed by atoms with E-state index in [-0.39, 0.29) is 6.61 Å². The Bertz CT molecular complexity index is 218. The van der Waals surface area contributed by atoms with Gasteiger partial charge in [0, 0.05) is 18.6 Å². The van der Waals surface area contributed by atoms with Crippen molar-refractivity contribution in [2.24, 2.45) is 5.73 Å². The van der Waals surface area contributed by atoms with E-state index < -0.39 is 5.91 Å². The second-order valence-electron chi connectivity index (χ2n) is 4.76. The molecule has 1 aliphatic heterocycles. The van der Waals surface area contributed by atoms with E-state index in [2.05, 4.69) is 17.6 Å². The van der Waals surface area contributed by atoms with Crippen molar-refractivity contribution in [1.82, 2.24) is 10.6 Å². The maximum Gasteiger partial charge on any atom is 0.243 e. The third-order valence-corrected chi connectivity index (χ3v) is 3.03. The minimum atomic E-state index is -0.413. The largest absolute Gasteiger partial charge is 0.370 e. The molecule has 100 valence electrons. The molecule has 2 atom stereocenters. The van der Waals surface area contributed by atoms with Gasteiger partial charge in [0.05, 0.1) is 6.61 Å². The summed E-state index contributed by atoms with van der Waals surface area (Å²) in [4.78, 5) is 10.4. The number of ether oxygens (including phenoxy) is 1. The zero-order valence-corrected chi connectivity index (χ0v) is 10.7. The first-order chi connectivity index (χ1) is 8.18. The normalized spacial score (nSPS) is 22.3. The summed E-state index contributed by atoms with van der Waals surface area (Å²) in [6.45, 7) is 4.65. The molecule has 0 spiro atoms. The summed E-state index contributed by atoms with van der Waals surface area (Å²) in [6.07, 6.45) is 5.07. The fourth-order valence-electron chi connectivity index (χ4n) is 2.19. The van der Waals surface area contributed by atoms with Gasteiger partial charge in [-0.1, -0.05) is 6.42 Å². The average molecular weight is 243 g/mol. The fourth-order valence-corrected chi connectivity index (χ4v) is 2.19. The lowest BCUT2D eigenvalue weighted by atomic mass is 9.99. The molecule has 0 aromatic heterocycles. The monoisotopic (exact) mass is 243 g/mol. The maximum absolute atomic E-state index is 10.4. The molecular weight excluding hydrogens is 218 g/mol. The zero-order valence-electron chi connectivity index (χ0n) is 10.7. The second-order valence-corrected chi connectivity index (χ2v) is 4.76. The summed E-state index contributed by atoms with van der Waals surface area (Å²) in [6, 6.07) is 1.13. The Morgan fingerprint density at radius 2 is 2.41 bits per heavy atom. The number of hydrogen-bond acceptors (Lipinski definition) is 4. The third kappa shape index (κ3) is 7.31. The standard InChI is InChI=1S/C12H25N3O2/c1-10(8-11-4-2-3-5-15-11)14-6-7-17-9-12(13)16/h10-11,14-15H,2-9H2,1H3,(H2,13,16). The summed E-state index contributed by atoms with van der Waals surface area (Å²) in [5, 5.41) is 6.92. The van der Waals surface area contributed by atoms with Gasteiger partial charge in [0.15, 0.2) is 0 Å². The Balaban J connectivity index is 1.96. The Labute approximate surface area is 103 Å². The van der Waals surface area contributed by atoms with Crippen molar-refractivity contribution < 1.29 is 9.53 Å². The van der Waals surface area contributed by atoms with Crippen LogP contribution in [0.5, 0.6) is 0 Å². The average Bonchev–Trinajstić information content (AvgIpc) is 2.29. The Kier molecular flexibility index (Phi) is 7.16. The molecule has 1 heterocycles. The van der Waals surface area contributed by atoms with Crippen LogP contribution in [0.2, 0.25) is 0 Å². The van der Waals surface area contributed by atoms with Gasteiger partial charge in [-0.3, -0.25) is 4.79 Å². The topological polar surface area (TPSA) is 76.4 Å². The van der Waals surface area contributed by atoms with Crippen LogP contribution >= 0.6 is 0 Å². The van der Waals surface area contributed by atoms with Crippen molar-refractivity contribution in [3.05, 3.63) is 0 Å². The van der Waals surface area contributed by atoms with Gasteiger partial charge in [0.1, 0.15) is 6.61 Å². The van der Waals surface area contributed by atoms with Gasteiger partial charge in [-0.05, 0) is 32.7 Å². The van der Waals surface area contributed by atoms with E-state index in [1.54, 1.807) is 0 Å². The number of carbonyl (C=O) groups excluding carboxylic acids is 1. The number of carbonyl (C=O) groups is 1. The molecule has 0 saturated carbocycles. The summed E-state index contributed by atoms with van der Waals surface area (Å²) in [7, 11) is 0. The molecule has 1 aliphatic rings. The predicted octanol–water partition coefficient (Wildman–Crippen LogP) is -0.00140. The van der Waals surface area contributed by atoms with E-state index in [4.69, 9.17) is 10.5 Å². The number of hydrogen-bond donors (Lipinski definition) is 3. The lowest BCUT2D eigenvalue weighted by molar-refractivity contribution is -0.122. The van der Waals surface area contributed by atoms with Gasteiger partial charge >= 0.3 is 0 Å². The van der Waals surface area contributed by atoms with E-state index >= 15 is 0 Å². The van der Waals surface area contributed by atoms with Crippen LogP contribution in [0.3, 0.4) is 0 Å². The number of rotatable bonds is 8. The molecule has 5 nitrogen and oxygen atoms in total. The minimum Gasteiger partial charge on any atom is -0.370 e. The summed E-state index contributed by atoms with van der Waals surface area (Å²) in [5.74, 6) is -0.413. The van der Waals surface area contributed by atoms with Crippen molar-refractivity contribution in [2.75, 3.05) is 26.3 Å². The molecule has 17 heavy (non-hydrogen) atoms. The van der Waals surface area contributed by atoms with Crippen LogP contribution in [0.15, 0.2) is 0 Å². The van der Waals surface area contributed by atoms with Crippen molar-refractivity contribution in [2.45, 2.75) is 44.7 Å². The van der Waals surface area contributed by atoms with Gasteiger partial charge in [-0.25, -0.2) is 0 Å². The van der Waals surface area contributed by atoms with Crippen LogP contribution in [0, 0.1) is 0 Å². The van der Waals surface area contributed by atoms with Crippen molar-refractivity contribution in [3.8, 4) is 0 Å². The molecule has 0 bridgehead atoms. The van der Waals surface area contributed by atoms with Gasteiger partial charge in [-0.15, -0.1) is 0 Å². The van der Waals surface area contributed by atoms with E-state index in [1.807, 2.05) is 0 Å². The van der Waals surface area contributed by atoms with Crippen LogP contribution in [0.1, 0.15) is 32.6 Å². The molecule has 1 fully saturated rings. The van der Waals surface area contributed by atoms with Crippen LogP contribution in [-0.2, 0) is 9.53 Å². The highest BCUT2D eigenvalue weighted by molar-refractivity contribution is 5.74. The van der Waals surface area contributed by atoms with Crippen LogP contribution in [-0.4, -0.2) is 44.3 Å². The van der Waals surface area contributed by atoms with E-state index in [9.17, 15) is 4.79 Å². The molecule has 2 unspecified atom stereocenters. The molecule has 1 rings (SSSR count). The van der Waals surface area contributed by atoms with Crippen molar-refractivity contribution in [3.63, 3.8) is 0 Å². The van der Waals surface area contributed by atoms with Gasteiger partial charge in [0.2, 0.25) is 5.91 Å². The SMILES string of the molecule is CC(CC1CCCCN1)NCCOCC(N)=O. The van der Waals surface area contributed by atoms with Crippen LogP contribution < -0.4 is 16.4 Å². The maximum atomic E-state index is 10.4. The smallest absolute Gasteiger partial charge is 0.243 e. The molecule has 4 N–H and O–H groups in total. The third-order valence-electron chi connectivity index (χ3n) is 3.03. The minimum absolute atomic E-state index is 0.0141. The van der Waals surface area contributed by atoms with Gasteiger partial charge < -0.3 is 21.1 Å². The molecule has 1 amide bonds. The molecule has 0 radical (unpaired) electrons. The van der Waals surface area contributed by atoms with Crippen molar-refractivity contribution in [1.29, 1.82) is 0 Å². The quantitative estimate of drug-likeness (QED) is 0.524. The highest BCUT2D eigenvalue weighted by atomic mass is 16.5. The van der Waals surface area contributed by atoms with Gasteiger partial charge in [-0.2, -0.15) is 0 Å². The van der Waals surface area contributed by atoms with E-state index in [0.29, 0.717) is 18.7 Å². The number of primary amides is 1. The molecule has 0 aliphatic carbocycles. The highest BCUT2D eigenvalue weighted by Gasteiger charge is 2.15. The number of nitrogens with one attached hydrogen (secondary N) is 2. The fraction of sp³-hybridized carbons (Fsp3) is 0.917. The predicted molar refractivity (Wildman–Crippen MR) is 67.7 cm³/mol. The lowest BCUT2D eigenvalue weighted by Crippen LogP contribution is -2.40. The van der Waals surface area contributed by atoms with Gasteiger partial charge in [0.25, 0.3) is 0 Å². The Morgan fingerprint density at radius 3 is 3.06 bits per heavy atom. The molecule has 0 aromatic rings. The summed E-state index contributed by atoms with van der Waals surface area (Å²) < 4.78 is 5.08. The lowest BCUT2D eigenvalue weighted by Gasteiger charge is -2.26. The Hall–Kier alpha value is -0.650. The summed E-state index contributed by atoms with van der Waals surface area (Å²) in [5.41, 5.74) is 4.97. The van der Waals surface area contributed by atoms with Crippen LogP contribution in [0.4, 0.5) is 0 Å². The van der Waals surface area contributed by atoms with Crippen LogP contribution in [0.25, 0.3) is 0 Å². The summed E-state index contributed by atoms with van der Waals surface area (Å²) >= 11 is 0. The first-order valence-corrected chi connectivity index (χ1v) is 6.51. The first-order valence-electron chi connectivity index (χ1n) is 6.51.